The number of nitrogens with one attached hydrogen (secondary N) is 3. The highest BCUT2D eigenvalue weighted by atomic mass is 35.5. The van der Waals surface area contributed by atoms with Gasteiger partial charge in [-0.1, -0.05) is 30.1 Å². The molecule has 3 rings (SSSR count). The normalized spacial score (nSPS) is 10.6. The predicted octanol–water partition coefficient (Wildman–Crippen LogP) is 6.08. The summed E-state index contributed by atoms with van der Waals surface area (Å²) in [5.74, 6) is 0.143. The molecule has 3 N–H and O–H groups in total. The molecule has 0 fully saturated rings. The average molecular weight is 496 g/mol. The Morgan fingerprint density at radius 2 is 1.90 bits per heavy atom. The van der Waals surface area contributed by atoms with E-state index in [-0.39, 0.29) is 11.0 Å². The van der Waals surface area contributed by atoms with E-state index in [1.54, 1.807) is 37.4 Å². The fourth-order valence-electron chi connectivity index (χ4n) is 2.78. The molecular weight excluding hydrogens is 477 g/mol. The van der Waals surface area contributed by atoms with Gasteiger partial charge >= 0.3 is 0 Å². The van der Waals surface area contributed by atoms with Crippen LogP contribution in [0.15, 0.2) is 36.4 Å². The summed E-state index contributed by atoms with van der Waals surface area (Å²) in [5, 5.41) is 9.83. The molecular formula is C21H19Cl2N3O3S2. The standard InChI is InChI=1S/C21H19Cl2N3O3S2/c1-3-4-17(27)24-11-5-8-14(22)15(9-11)25-21(30)26-20(28)19-18(23)13-7-6-12(29-2)10-16(13)31-19/h5-10H,3-4H2,1-2H3,(H,24,27)(H2,25,26,28,30). The first-order valence-electron chi connectivity index (χ1n) is 9.30. The van der Waals surface area contributed by atoms with Gasteiger partial charge in [0.05, 0.1) is 22.8 Å². The number of rotatable bonds is 6. The minimum atomic E-state index is -0.439. The summed E-state index contributed by atoms with van der Waals surface area (Å²) < 4.78 is 6.04. The molecule has 0 radical (unpaired) electrons. The Bertz CT molecular complexity index is 1160. The number of hydrogen-bond donors (Lipinski definition) is 3. The van der Waals surface area contributed by atoms with E-state index in [1.165, 1.54) is 11.3 Å². The third-order valence-electron chi connectivity index (χ3n) is 4.25. The molecule has 0 bridgehead atoms. The van der Waals surface area contributed by atoms with Crippen molar-refractivity contribution in [1.29, 1.82) is 0 Å². The van der Waals surface area contributed by atoms with Gasteiger partial charge in [0.2, 0.25) is 5.91 Å². The zero-order valence-corrected chi connectivity index (χ0v) is 19.8. The summed E-state index contributed by atoms with van der Waals surface area (Å²) in [6, 6.07) is 10.4. The van der Waals surface area contributed by atoms with Crippen molar-refractivity contribution in [3.8, 4) is 5.75 Å². The number of methoxy groups -OCH3 is 1. The van der Waals surface area contributed by atoms with Gasteiger partial charge in [0, 0.05) is 22.2 Å². The van der Waals surface area contributed by atoms with Crippen molar-refractivity contribution in [2.24, 2.45) is 0 Å². The first-order chi connectivity index (χ1) is 14.8. The van der Waals surface area contributed by atoms with Crippen LogP contribution in [0.4, 0.5) is 11.4 Å². The van der Waals surface area contributed by atoms with Crippen LogP contribution < -0.4 is 20.7 Å². The molecule has 1 heterocycles. The Morgan fingerprint density at radius 3 is 2.61 bits per heavy atom. The highest BCUT2D eigenvalue weighted by Crippen LogP contribution is 2.37. The molecule has 10 heteroatoms. The van der Waals surface area contributed by atoms with Gasteiger partial charge in [-0.3, -0.25) is 14.9 Å². The van der Waals surface area contributed by atoms with E-state index in [2.05, 4.69) is 16.0 Å². The van der Waals surface area contributed by atoms with Crippen molar-refractivity contribution in [2.45, 2.75) is 19.8 Å². The van der Waals surface area contributed by atoms with Crippen LogP contribution >= 0.6 is 46.8 Å². The number of carbonyl (C=O) groups excluding carboxylic acids is 2. The molecule has 0 saturated carbocycles. The molecule has 0 aliphatic heterocycles. The molecule has 0 spiro atoms. The van der Waals surface area contributed by atoms with Crippen molar-refractivity contribution >= 4 is 85.1 Å². The molecule has 0 aliphatic carbocycles. The number of thiophene rings is 1. The number of anilines is 2. The first kappa shape index (κ1) is 23.3. The van der Waals surface area contributed by atoms with Crippen molar-refractivity contribution in [2.75, 3.05) is 17.7 Å². The minimum Gasteiger partial charge on any atom is -0.497 e. The van der Waals surface area contributed by atoms with E-state index in [1.807, 2.05) is 13.0 Å². The maximum Gasteiger partial charge on any atom is 0.269 e. The summed E-state index contributed by atoms with van der Waals surface area (Å²) in [6.45, 7) is 1.93. The molecule has 3 aromatic rings. The van der Waals surface area contributed by atoms with E-state index < -0.39 is 5.91 Å². The van der Waals surface area contributed by atoms with Crippen molar-refractivity contribution in [3.63, 3.8) is 0 Å². The Kier molecular flexibility index (Phi) is 7.72. The van der Waals surface area contributed by atoms with Crippen LogP contribution in [0.25, 0.3) is 10.1 Å². The monoisotopic (exact) mass is 495 g/mol. The average Bonchev–Trinajstić information content (AvgIpc) is 3.06. The predicted molar refractivity (Wildman–Crippen MR) is 132 cm³/mol. The molecule has 2 aromatic carbocycles. The highest BCUT2D eigenvalue weighted by molar-refractivity contribution is 7.80. The largest absolute Gasteiger partial charge is 0.497 e. The van der Waals surface area contributed by atoms with E-state index >= 15 is 0 Å². The van der Waals surface area contributed by atoms with Gasteiger partial charge in [0.25, 0.3) is 5.91 Å². The van der Waals surface area contributed by atoms with Crippen LogP contribution in [-0.4, -0.2) is 24.0 Å². The van der Waals surface area contributed by atoms with Gasteiger partial charge in [-0.25, -0.2) is 0 Å². The maximum atomic E-state index is 12.7. The van der Waals surface area contributed by atoms with Crippen LogP contribution in [0.2, 0.25) is 10.0 Å². The van der Waals surface area contributed by atoms with Crippen LogP contribution in [0, 0.1) is 0 Å². The lowest BCUT2D eigenvalue weighted by Gasteiger charge is -2.12. The quantitative estimate of drug-likeness (QED) is 0.361. The number of carbonyl (C=O) groups is 2. The summed E-state index contributed by atoms with van der Waals surface area (Å²) in [7, 11) is 1.57. The van der Waals surface area contributed by atoms with E-state index in [9.17, 15) is 9.59 Å². The second-order valence-electron chi connectivity index (χ2n) is 6.51. The molecule has 0 saturated heterocycles. The zero-order valence-electron chi connectivity index (χ0n) is 16.7. The van der Waals surface area contributed by atoms with Gasteiger partial charge < -0.3 is 15.4 Å². The fraction of sp³-hybridized carbons (Fsp3) is 0.190. The van der Waals surface area contributed by atoms with E-state index in [0.717, 1.165) is 16.5 Å². The van der Waals surface area contributed by atoms with Crippen molar-refractivity contribution in [3.05, 3.63) is 51.3 Å². The Morgan fingerprint density at radius 1 is 1.13 bits per heavy atom. The zero-order chi connectivity index (χ0) is 22.5. The number of fused-ring (bicyclic) bond motifs is 1. The highest BCUT2D eigenvalue weighted by Gasteiger charge is 2.19. The van der Waals surface area contributed by atoms with Gasteiger partial charge in [0.15, 0.2) is 5.11 Å². The van der Waals surface area contributed by atoms with Crippen LogP contribution in [-0.2, 0) is 4.79 Å². The lowest BCUT2D eigenvalue weighted by atomic mass is 10.2. The molecule has 6 nitrogen and oxygen atoms in total. The molecule has 2 amide bonds. The topological polar surface area (TPSA) is 79.5 Å². The molecule has 162 valence electrons. The lowest BCUT2D eigenvalue weighted by Crippen LogP contribution is -2.33. The van der Waals surface area contributed by atoms with Crippen molar-refractivity contribution < 1.29 is 14.3 Å². The number of amides is 2. The number of ether oxygens (including phenoxy) is 1. The summed E-state index contributed by atoms with van der Waals surface area (Å²) in [5.41, 5.74) is 1.02. The van der Waals surface area contributed by atoms with Crippen LogP contribution in [0.5, 0.6) is 5.75 Å². The first-order valence-corrected chi connectivity index (χ1v) is 11.3. The Labute approximate surface area is 198 Å². The second-order valence-corrected chi connectivity index (χ2v) is 8.75. The molecule has 31 heavy (non-hydrogen) atoms. The third-order valence-corrected chi connectivity index (χ3v) is 6.43. The van der Waals surface area contributed by atoms with Crippen LogP contribution in [0.3, 0.4) is 0 Å². The SMILES string of the molecule is CCCC(=O)Nc1ccc(Cl)c(NC(=S)NC(=O)c2sc3cc(OC)ccc3c2Cl)c1. The number of halogens is 2. The fourth-order valence-corrected chi connectivity index (χ4v) is 4.59. The minimum absolute atomic E-state index is 0.0510. The number of benzene rings is 2. The number of hydrogen-bond acceptors (Lipinski definition) is 5. The Balaban J connectivity index is 1.72. The van der Waals surface area contributed by atoms with Crippen LogP contribution in [0.1, 0.15) is 29.4 Å². The van der Waals surface area contributed by atoms with E-state index in [0.29, 0.717) is 38.5 Å². The molecule has 1 aromatic heterocycles. The number of thiocarbonyl (C=S) groups is 1. The second kappa shape index (κ2) is 10.3. The summed E-state index contributed by atoms with van der Waals surface area (Å²) in [6.07, 6.45) is 1.16. The van der Waals surface area contributed by atoms with Gasteiger partial charge in [-0.15, -0.1) is 11.3 Å². The Hall–Kier alpha value is -2.39. The van der Waals surface area contributed by atoms with Gasteiger partial charge in [-0.2, -0.15) is 0 Å². The molecule has 0 unspecified atom stereocenters. The third kappa shape index (κ3) is 5.65. The van der Waals surface area contributed by atoms with E-state index in [4.69, 9.17) is 40.2 Å². The maximum absolute atomic E-state index is 12.7. The molecule has 0 atom stereocenters. The van der Waals surface area contributed by atoms with Gasteiger partial charge in [-0.05, 0) is 55.0 Å². The summed E-state index contributed by atoms with van der Waals surface area (Å²) in [4.78, 5) is 24.9. The lowest BCUT2D eigenvalue weighted by molar-refractivity contribution is -0.116. The van der Waals surface area contributed by atoms with Gasteiger partial charge in [0.1, 0.15) is 10.6 Å². The smallest absolute Gasteiger partial charge is 0.269 e. The molecule has 0 aliphatic rings. The summed E-state index contributed by atoms with van der Waals surface area (Å²) >= 11 is 19.1. The van der Waals surface area contributed by atoms with Crippen molar-refractivity contribution in [1.82, 2.24) is 5.32 Å².